The molecule has 7 heteroatoms. The highest BCUT2D eigenvalue weighted by molar-refractivity contribution is 6.05. The van der Waals surface area contributed by atoms with Crippen molar-refractivity contribution in [1.82, 2.24) is 9.97 Å². The molecule has 2 aromatic rings. The van der Waals surface area contributed by atoms with Crippen LogP contribution in [0, 0.1) is 6.92 Å². The monoisotopic (exact) mass is 377 g/mol. The lowest BCUT2D eigenvalue weighted by molar-refractivity contribution is -0.139. The van der Waals surface area contributed by atoms with Crippen LogP contribution in [0.1, 0.15) is 5.82 Å². The topological polar surface area (TPSA) is 81.6 Å². The first-order valence-electron chi connectivity index (χ1n) is 8.50. The molecule has 1 aliphatic rings. The number of benzene rings is 1. The van der Waals surface area contributed by atoms with E-state index in [0.717, 1.165) is 11.3 Å². The van der Waals surface area contributed by atoms with Crippen LogP contribution in [-0.4, -0.2) is 36.1 Å². The van der Waals surface area contributed by atoms with Crippen LogP contribution in [0.2, 0.25) is 0 Å². The van der Waals surface area contributed by atoms with Gasteiger partial charge >= 0.3 is 11.9 Å². The maximum Gasteiger partial charge on any atom is 0.355 e. The number of hydrogen-bond acceptors (Lipinski definition) is 7. The van der Waals surface area contributed by atoms with Crippen molar-refractivity contribution in [2.45, 2.75) is 6.92 Å². The van der Waals surface area contributed by atoms with Gasteiger partial charge in [0.15, 0.2) is 0 Å². The van der Waals surface area contributed by atoms with Crippen molar-refractivity contribution >= 4 is 17.6 Å². The minimum Gasteiger partial charge on any atom is -0.465 e. The molecule has 0 aliphatic carbocycles. The Balaban J connectivity index is 2.14. The highest BCUT2D eigenvalue weighted by Crippen LogP contribution is 2.29. The van der Waals surface area contributed by atoms with Gasteiger partial charge in [-0.05, 0) is 37.3 Å². The van der Waals surface area contributed by atoms with Gasteiger partial charge in [0.25, 0.3) is 0 Å². The van der Waals surface area contributed by atoms with Crippen LogP contribution >= 0.6 is 0 Å². The molecule has 0 amide bonds. The summed E-state index contributed by atoms with van der Waals surface area (Å²) in [6.45, 7) is 1.82. The van der Waals surface area contributed by atoms with Gasteiger partial charge in [0, 0.05) is 23.6 Å². The number of anilines is 1. The molecule has 0 fully saturated rings. The van der Waals surface area contributed by atoms with E-state index < -0.39 is 11.9 Å². The third-order valence-corrected chi connectivity index (χ3v) is 4.09. The average molecular weight is 377 g/mol. The first-order chi connectivity index (χ1) is 13.5. The van der Waals surface area contributed by atoms with Crippen LogP contribution < -0.4 is 4.90 Å². The number of hydrogen-bond donors (Lipinski definition) is 0. The van der Waals surface area contributed by atoms with Crippen molar-refractivity contribution in [2.24, 2.45) is 0 Å². The summed E-state index contributed by atoms with van der Waals surface area (Å²) >= 11 is 0. The summed E-state index contributed by atoms with van der Waals surface area (Å²) in [5.74, 6) is -0.627. The van der Waals surface area contributed by atoms with Gasteiger partial charge in [-0.25, -0.2) is 19.6 Å². The molecule has 0 saturated carbocycles. The summed E-state index contributed by atoms with van der Waals surface area (Å²) in [6.07, 6.45) is 8.28. The summed E-state index contributed by atoms with van der Waals surface area (Å²) in [5, 5.41) is 0. The predicted octanol–water partition coefficient (Wildman–Crippen LogP) is 2.94. The largest absolute Gasteiger partial charge is 0.465 e. The van der Waals surface area contributed by atoms with E-state index in [4.69, 9.17) is 9.47 Å². The number of allylic oxidation sites excluding steroid dienone is 2. The fraction of sp³-hybridized carbons (Fsp3) is 0.143. The molecule has 142 valence electrons. The quantitative estimate of drug-likeness (QED) is 0.758. The zero-order valence-corrected chi connectivity index (χ0v) is 15.7. The molecule has 0 unspecified atom stereocenters. The Bertz CT molecular complexity index is 1010. The summed E-state index contributed by atoms with van der Waals surface area (Å²) < 4.78 is 9.75. The smallest absolute Gasteiger partial charge is 0.355 e. The second kappa shape index (κ2) is 8.30. The third-order valence-electron chi connectivity index (χ3n) is 4.09. The normalized spacial score (nSPS) is 13.3. The number of methoxy groups -OCH3 is 2. The van der Waals surface area contributed by atoms with Crippen molar-refractivity contribution in [3.63, 3.8) is 0 Å². The third kappa shape index (κ3) is 3.83. The van der Waals surface area contributed by atoms with Crippen molar-refractivity contribution in [3.8, 4) is 11.3 Å². The molecule has 0 atom stereocenters. The van der Waals surface area contributed by atoms with Crippen molar-refractivity contribution < 1.29 is 19.1 Å². The lowest BCUT2D eigenvalue weighted by atomic mass is 10.1. The molecule has 28 heavy (non-hydrogen) atoms. The SMILES string of the molecule is COC(=O)C1=C(C(=O)OC)N(c2cccc(-c3ccnc(C)n3)c2)C=CC=C1. The van der Waals surface area contributed by atoms with E-state index in [9.17, 15) is 9.59 Å². The van der Waals surface area contributed by atoms with Gasteiger partial charge in [-0.15, -0.1) is 0 Å². The second-order valence-electron chi connectivity index (χ2n) is 5.86. The molecule has 0 radical (unpaired) electrons. The van der Waals surface area contributed by atoms with Crippen LogP contribution in [0.25, 0.3) is 11.3 Å². The van der Waals surface area contributed by atoms with Crippen molar-refractivity contribution in [3.05, 3.63) is 78.1 Å². The zero-order chi connectivity index (χ0) is 20.1. The minimum atomic E-state index is -0.653. The fourth-order valence-electron chi connectivity index (χ4n) is 2.80. The molecule has 2 heterocycles. The maximum atomic E-state index is 12.5. The van der Waals surface area contributed by atoms with Crippen LogP contribution in [0.3, 0.4) is 0 Å². The number of aromatic nitrogens is 2. The molecule has 3 rings (SSSR count). The fourth-order valence-corrected chi connectivity index (χ4v) is 2.80. The van der Waals surface area contributed by atoms with Gasteiger partial charge < -0.3 is 14.4 Å². The Morgan fingerprint density at radius 3 is 2.54 bits per heavy atom. The number of aryl methyl sites for hydroxylation is 1. The molecule has 7 nitrogen and oxygen atoms in total. The average Bonchev–Trinajstić information content (AvgIpc) is 2.95. The Hall–Kier alpha value is -3.74. The van der Waals surface area contributed by atoms with Crippen molar-refractivity contribution in [1.29, 1.82) is 0 Å². The van der Waals surface area contributed by atoms with Gasteiger partial charge in [0.2, 0.25) is 0 Å². The molecular weight excluding hydrogens is 358 g/mol. The number of carbonyl (C=O) groups is 2. The highest BCUT2D eigenvalue weighted by atomic mass is 16.5. The van der Waals surface area contributed by atoms with Crippen LogP contribution in [-0.2, 0) is 19.1 Å². The molecular formula is C21H19N3O4. The van der Waals surface area contributed by atoms with Gasteiger partial charge in [-0.2, -0.15) is 0 Å². The number of carbonyl (C=O) groups excluding carboxylic acids is 2. The predicted molar refractivity (Wildman–Crippen MR) is 104 cm³/mol. The Morgan fingerprint density at radius 2 is 1.82 bits per heavy atom. The van der Waals surface area contributed by atoms with E-state index in [0.29, 0.717) is 11.5 Å². The van der Waals surface area contributed by atoms with E-state index in [2.05, 4.69) is 9.97 Å². The summed E-state index contributed by atoms with van der Waals surface area (Å²) in [5.41, 5.74) is 2.43. The van der Waals surface area contributed by atoms with Crippen LogP contribution in [0.15, 0.2) is 72.2 Å². The van der Waals surface area contributed by atoms with Crippen molar-refractivity contribution in [2.75, 3.05) is 19.1 Å². The van der Waals surface area contributed by atoms with Gasteiger partial charge in [0.1, 0.15) is 11.5 Å². The van der Waals surface area contributed by atoms with E-state index in [1.807, 2.05) is 37.3 Å². The lowest BCUT2D eigenvalue weighted by Gasteiger charge is -2.23. The maximum absolute atomic E-state index is 12.5. The van der Waals surface area contributed by atoms with Crippen LogP contribution in [0.5, 0.6) is 0 Å². The second-order valence-corrected chi connectivity index (χ2v) is 5.86. The van der Waals surface area contributed by atoms with E-state index in [-0.39, 0.29) is 11.3 Å². The van der Waals surface area contributed by atoms with E-state index in [1.165, 1.54) is 20.3 Å². The molecule has 0 bridgehead atoms. The van der Waals surface area contributed by atoms with E-state index >= 15 is 0 Å². The number of esters is 2. The number of nitrogens with zero attached hydrogens (tertiary/aromatic N) is 3. The summed E-state index contributed by atoms with van der Waals surface area (Å²) in [7, 11) is 2.53. The Morgan fingerprint density at radius 1 is 1.04 bits per heavy atom. The number of rotatable bonds is 4. The van der Waals surface area contributed by atoms with Crippen LogP contribution in [0.4, 0.5) is 5.69 Å². The molecule has 0 N–H and O–H groups in total. The number of ether oxygens (including phenoxy) is 2. The highest BCUT2D eigenvalue weighted by Gasteiger charge is 2.27. The van der Waals surface area contributed by atoms with Gasteiger partial charge in [-0.1, -0.05) is 18.2 Å². The molecule has 1 aromatic carbocycles. The first kappa shape index (κ1) is 19.0. The van der Waals surface area contributed by atoms with Gasteiger partial charge in [-0.3, -0.25) is 0 Å². The standard InChI is InChI=1S/C21H19N3O4/c1-14-22-11-10-18(23-14)15-7-6-8-16(13-15)24-12-5-4-9-17(20(25)27-2)19(24)21(26)28-3/h4-13H,1-3H3. The molecule has 0 saturated heterocycles. The lowest BCUT2D eigenvalue weighted by Crippen LogP contribution is -2.26. The van der Waals surface area contributed by atoms with E-state index in [1.54, 1.807) is 29.4 Å². The first-order valence-corrected chi connectivity index (χ1v) is 8.50. The minimum absolute atomic E-state index is 0.0652. The summed E-state index contributed by atoms with van der Waals surface area (Å²) in [6, 6.07) is 9.26. The summed E-state index contributed by atoms with van der Waals surface area (Å²) in [4.78, 5) is 34.9. The Kier molecular flexibility index (Phi) is 5.64. The van der Waals surface area contributed by atoms with Gasteiger partial charge in [0.05, 0.1) is 25.5 Å². The molecule has 1 aliphatic heterocycles. The zero-order valence-electron chi connectivity index (χ0n) is 15.7. The Labute approximate surface area is 162 Å². The molecule has 1 aromatic heterocycles. The molecule has 0 spiro atoms.